The maximum Gasteiger partial charge on any atom is 0.317 e. The average molecular weight is 519 g/mol. The lowest BCUT2D eigenvalue weighted by Crippen LogP contribution is -2.25. The van der Waals surface area contributed by atoms with Gasteiger partial charge in [-0.15, -0.1) is 0 Å². The molecule has 0 fully saturated rings. The van der Waals surface area contributed by atoms with E-state index in [1.807, 2.05) is 30.3 Å². The van der Waals surface area contributed by atoms with Crippen LogP contribution in [0.2, 0.25) is 0 Å². The molecule has 0 radical (unpaired) electrons. The van der Waals surface area contributed by atoms with Crippen molar-refractivity contribution in [2.24, 2.45) is 0 Å². The van der Waals surface area contributed by atoms with Crippen molar-refractivity contribution >= 4 is 16.9 Å². The molecule has 4 aromatic carbocycles. The molecule has 39 heavy (non-hydrogen) atoms. The molecule has 0 saturated carbocycles. The van der Waals surface area contributed by atoms with E-state index in [9.17, 15) is 15.0 Å². The lowest BCUT2D eigenvalue weighted by atomic mass is 9.91. The Morgan fingerprint density at radius 2 is 1.56 bits per heavy atom. The first kappa shape index (κ1) is 26.3. The third-order valence-corrected chi connectivity index (χ3v) is 7.47. The van der Waals surface area contributed by atoms with E-state index in [0.717, 1.165) is 22.9 Å². The van der Waals surface area contributed by atoms with E-state index in [4.69, 9.17) is 0 Å². The van der Waals surface area contributed by atoms with Gasteiger partial charge in [0.2, 0.25) is 0 Å². The number of carboxylic acid groups (broad SMARTS) is 1. The first-order valence-electron chi connectivity index (χ1n) is 13.2. The molecule has 0 unspecified atom stereocenters. The number of likely N-dealkylation sites (N-methyl/N-ethyl adjacent to an activating group) is 1. The van der Waals surface area contributed by atoms with Crippen LogP contribution in [0.1, 0.15) is 33.4 Å². The number of hydrogen-bond acceptors (Lipinski definition) is 3. The van der Waals surface area contributed by atoms with Crippen molar-refractivity contribution in [1.29, 1.82) is 0 Å². The van der Waals surface area contributed by atoms with E-state index in [2.05, 4.69) is 79.2 Å². The average Bonchev–Trinajstić information content (AvgIpc) is 3.21. The molecule has 1 heterocycles. The zero-order chi connectivity index (χ0) is 27.5. The second-order valence-corrected chi connectivity index (χ2v) is 10.4. The molecule has 5 heteroatoms. The number of aromatic hydroxyl groups is 1. The predicted molar refractivity (Wildman–Crippen MR) is 157 cm³/mol. The minimum atomic E-state index is -0.892. The maximum atomic E-state index is 11.2. The lowest BCUT2D eigenvalue weighted by molar-refractivity contribution is -0.138. The summed E-state index contributed by atoms with van der Waals surface area (Å²) in [5, 5.41) is 21.2. The molecule has 1 aromatic heterocycles. The highest BCUT2D eigenvalue weighted by Gasteiger charge is 2.17. The molecular formula is C34H34N2O3. The number of phenolic OH excluding ortho intramolecular Hbond substituents is 1. The summed E-state index contributed by atoms with van der Waals surface area (Å²) in [6, 6.07) is 29.2. The van der Waals surface area contributed by atoms with Gasteiger partial charge < -0.3 is 14.8 Å². The van der Waals surface area contributed by atoms with Crippen molar-refractivity contribution in [2.75, 3.05) is 13.6 Å². The molecule has 0 amide bonds. The highest BCUT2D eigenvalue weighted by atomic mass is 16.4. The maximum absolute atomic E-state index is 11.2. The van der Waals surface area contributed by atoms with E-state index in [1.54, 1.807) is 11.9 Å². The van der Waals surface area contributed by atoms with E-state index >= 15 is 0 Å². The fourth-order valence-corrected chi connectivity index (χ4v) is 5.45. The molecule has 0 bridgehead atoms. The molecule has 198 valence electrons. The van der Waals surface area contributed by atoms with Gasteiger partial charge in [-0.1, -0.05) is 72.8 Å². The summed E-state index contributed by atoms with van der Waals surface area (Å²) in [6.07, 6.45) is 2.93. The molecule has 5 aromatic rings. The molecule has 0 aliphatic heterocycles. The minimum Gasteiger partial charge on any atom is -0.508 e. The number of aryl methyl sites for hydroxylation is 1. The topological polar surface area (TPSA) is 65.7 Å². The molecule has 2 N–H and O–H groups in total. The minimum absolute atomic E-state index is 0.0930. The van der Waals surface area contributed by atoms with E-state index in [-0.39, 0.29) is 12.3 Å². The monoisotopic (exact) mass is 518 g/mol. The second kappa shape index (κ2) is 11.2. The Morgan fingerprint density at radius 1 is 0.846 bits per heavy atom. The number of aliphatic carboxylic acids is 1. The highest BCUT2D eigenvalue weighted by molar-refractivity contribution is 5.87. The number of carboxylic acids is 1. The van der Waals surface area contributed by atoms with Crippen molar-refractivity contribution in [3.63, 3.8) is 0 Å². The zero-order valence-corrected chi connectivity index (χ0v) is 22.7. The molecule has 0 aliphatic carbocycles. The number of phenols is 1. The predicted octanol–water partition coefficient (Wildman–Crippen LogP) is 6.79. The number of aromatic nitrogens is 1. The van der Waals surface area contributed by atoms with Gasteiger partial charge in [0.05, 0.1) is 6.54 Å². The Morgan fingerprint density at radius 3 is 2.31 bits per heavy atom. The Balaban J connectivity index is 1.57. The van der Waals surface area contributed by atoms with E-state index in [0.29, 0.717) is 18.7 Å². The third-order valence-electron chi connectivity index (χ3n) is 7.47. The van der Waals surface area contributed by atoms with Crippen LogP contribution in [-0.2, 0) is 24.3 Å². The van der Waals surface area contributed by atoms with Crippen LogP contribution in [0.5, 0.6) is 5.75 Å². The highest BCUT2D eigenvalue weighted by Crippen LogP contribution is 2.34. The summed E-state index contributed by atoms with van der Waals surface area (Å²) >= 11 is 0. The number of nitrogens with zero attached hydrogens (tertiary/aromatic N) is 2. The Hall–Kier alpha value is -4.35. The largest absolute Gasteiger partial charge is 0.508 e. The van der Waals surface area contributed by atoms with Crippen molar-refractivity contribution in [1.82, 2.24) is 9.47 Å². The van der Waals surface area contributed by atoms with Gasteiger partial charge in [-0.3, -0.25) is 9.69 Å². The van der Waals surface area contributed by atoms with Crippen LogP contribution in [0.3, 0.4) is 0 Å². The summed E-state index contributed by atoms with van der Waals surface area (Å²) in [5.74, 6) is -0.708. The molecule has 0 atom stereocenters. The summed E-state index contributed by atoms with van der Waals surface area (Å²) in [4.78, 5) is 12.9. The Kier molecular flexibility index (Phi) is 7.53. The van der Waals surface area contributed by atoms with Crippen LogP contribution in [0.15, 0.2) is 91.1 Å². The smallest absolute Gasteiger partial charge is 0.317 e. The van der Waals surface area contributed by atoms with Crippen molar-refractivity contribution in [2.45, 2.75) is 33.4 Å². The summed E-state index contributed by atoms with van der Waals surface area (Å²) in [5.41, 5.74) is 10.3. The van der Waals surface area contributed by atoms with Gasteiger partial charge >= 0.3 is 5.97 Å². The fourth-order valence-electron chi connectivity index (χ4n) is 5.45. The van der Waals surface area contributed by atoms with Gasteiger partial charge in [0.25, 0.3) is 0 Å². The molecule has 5 rings (SSSR count). The molecule has 0 aliphatic rings. The first-order chi connectivity index (χ1) is 18.8. The molecule has 5 nitrogen and oxygen atoms in total. The number of rotatable bonds is 9. The quantitative estimate of drug-likeness (QED) is 0.226. The molecule has 0 spiro atoms. The van der Waals surface area contributed by atoms with Gasteiger partial charge in [-0.05, 0) is 78.4 Å². The van der Waals surface area contributed by atoms with Crippen LogP contribution >= 0.6 is 0 Å². The van der Waals surface area contributed by atoms with Gasteiger partial charge in [0, 0.05) is 35.8 Å². The number of hydrogen-bond donors (Lipinski definition) is 2. The summed E-state index contributed by atoms with van der Waals surface area (Å²) in [6.45, 7) is 5.29. The summed E-state index contributed by atoms with van der Waals surface area (Å²) in [7, 11) is 1.75. The second-order valence-electron chi connectivity index (χ2n) is 10.4. The number of carbonyl (C=O) groups is 1. The van der Waals surface area contributed by atoms with Crippen LogP contribution < -0.4 is 0 Å². The standard InChI is InChI=1S/C34H34N2O3/c1-23-10-7-8-14-29(23)30-15-9-13-26(24(30)2)16-27-21-36(19-25-11-5-4-6-12-25)32-17-28(33(37)18-31(27)32)20-35(3)22-34(38)39/h4-15,17-18,21,37H,16,19-20,22H2,1-3H3,(H,38,39). The van der Waals surface area contributed by atoms with Gasteiger partial charge in [-0.2, -0.15) is 0 Å². The fraction of sp³-hybridized carbons (Fsp3) is 0.206. The molecular weight excluding hydrogens is 484 g/mol. The number of fused-ring (bicyclic) bond motifs is 1. The SMILES string of the molecule is Cc1ccccc1-c1cccc(Cc2cn(Cc3ccccc3)c3cc(CN(C)CC(=O)O)c(O)cc23)c1C. The van der Waals surface area contributed by atoms with Crippen molar-refractivity contribution < 1.29 is 15.0 Å². The van der Waals surface area contributed by atoms with Gasteiger partial charge in [0.15, 0.2) is 0 Å². The van der Waals surface area contributed by atoms with Crippen molar-refractivity contribution in [3.05, 3.63) is 125 Å². The van der Waals surface area contributed by atoms with Crippen LogP contribution in [0.4, 0.5) is 0 Å². The van der Waals surface area contributed by atoms with Gasteiger partial charge in [-0.25, -0.2) is 0 Å². The zero-order valence-electron chi connectivity index (χ0n) is 22.7. The Labute approximate surface area is 229 Å². The Bertz CT molecular complexity index is 1640. The summed E-state index contributed by atoms with van der Waals surface area (Å²) < 4.78 is 2.24. The normalized spacial score (nSPS) is 11.4. The van der Waals surface area contributed by atoms with Gasteiger partial charge in [0.1, 0.15) is 5.75 Å². The number of benzene rings is 4. The van der Waals surface area contributed by atoms with Crippen LogP contribution in [0, 0.1) is 13.8 Å². The van der Waals surface area contributed by atoms with E-state index < -0.39 is 5.97 Å². The van der Waals surface area contributed by atoms with Crippen LogP contribution in [0.25, 0.3) is 22.0 Å². The molecule has 0 saturated heterocycles. The lowest BCUT2D eigenvalue weighted by Gasteiger charge is -2.16. The first-order valence-corrected chi connectivity index (χ1v) is 13.2. The third kappa shape index (κ3) is 5.74. The van der Waals surface area contributed by atoms with Crippen molar-refractivity contribution in [3.8, 4) is 16.9 Å². The van der Waals surface area contributed by atoms with Crippen LogP contribution in [-0.4, -0.2) is 39.2 Å². The van der Waals surface area contributed by atoms with E-state index in [1.165, 1.54) is 33.4 Å².